The average Bonchev–Trinajstić information content (AvgIpc) is 1.65. The van der Waals surface area contributed by atoms with Gasteiger partial charge < -0.3 is 5.73 Å². The SMILES string of the molecule is N[C-](N=O)N=O.[K+]. The minimum absolute atomic E-state index is 0. The third-order valence-corrected chi connectivity index (χ3v) is 0.187. The van der Waals surface area contributed by atoms with E-state index in [0.29, 0.717) is 0 Å². The van der Waals surface area contributed by atoms with Crippen molar-refractivity contribution < 1.29 is 51.4 Å². The van der Waals surface area contributed by atoms with Gasteiger partial charge in [-0.25, -0.2) is 0 Å². The second kappa shape index (κ2) is 6.67. The average molecular weight is 127 g/mol. The van der Waals surface area contributed by atoms with Crippen LogP contribution in [-0.2, 0) is 0 Å². The Kier molecular flexibility index (Phi) is 10.1. The van der Waals surface area contributed by atoms with Gasteiger partial charge in [-0.2, -0.15) is 20.2 Å². The van der Waals surface area contributed by atoms with Crippen LogP contribution in [0.4, 0.5) is 0 Å². The van der Waals surface area contributed by atoms with Crippen LogP contribution in [0.15, 0.2) is 10.4 Å². The molecule has 0 atom stereocenters. The number of rotatable bonds is 2. The van der Waals surface area contributed by atoms with Gasteiger partial charge in [-0.1, -0.05) is 0 Å². The molecule has 0 aromatic rings. The molecule has 0 amide bonds. The molecule has 34 valence electrons. The summed E-state index contributed by atoms with van der Waals surface area (Å²) in [6.07, 6.45) is -0.769. The molecule has 7 heavy (non-hydrogen) atoms. The Morgan fingerprint density at radius 2 is 1.57 bits per heavy atom. The van der Waals surface area contributed by atoms with Gasteiger partial charge >= 0.3 is 51.4 Å². The third kappa shape index (κ3) is 6.67. The van der Waals surface area contributed by atoms with E-state index < -0.39 is 6.29 Å². The van der Waals surface area contributed by atoms with Gasteiger partial charge in [-0.3, -0.25) is 0 Å². The van der Waals surface area contributed by atoms with Crippen LogP contribution in [-0.4, -0.2) is 0 Å². The largest absolute Gasteiger partial charge is 1.00 e. The van der Waals surface area contributed by atoms with E-state index in [9.17, 15) is 0 Å². The predicted molar refractivity (Wildman–Crippen MR) is 19.0 cm³/mol. The molecule has 0 fully saturated rings. The maximum Gasteiger partial charge on any atom is 1.00 e. The molecule has 0 unspecified atom stereocenters. The molecule has 2 N–H and O–H groups in total. The van der Waals surface area contributed by atoms with E-state index in [0.717, 1.165) is 0 Å². The van der Waals surface area contributed by atoms with Crippen molar-refractivity contribution >= 4 is 0 Å². The van der Waals surface area contributed by atoms with Crippen molar-refractivity contribution in [3.8, 4) is 0 Å². The molecule has 0 aliphatic rings. The Bertz CT molecular complexity index is 58.0. The van der Waals surface area contributed by atoms with Crippen LogP contribution in [0.2, 0.25) is 0 Å². The Hall–Kier alpha value is 0.666. The Labute approximate surface area is 82.4 Å². The van der Waals surface area contributed by atoms with Gasteiger partial charge in [0.2, 0.25) is 0 Å². The Morgan fingerprint density at radius 3 is 1.57 bits per heavy atom. The first-order valence-electron chi connectivity index (χ1n) is 1.10. The van der Waals surface area contributed by atoms with Gasteiger partial charge in [0.15, 0.2) is 0 Å². The van der Waals surface area contributed by atoms with E-state index in [2.05, 4.69) is 5.73 Å². The van der Waals surface area contributed by atoms with Crippen LogP contribution in [0, 0.1) is 16.1 Å². The molecule has 0 saturated heterocycles. The number of hydrogen-bond donors (Lipinski definition) is 1. The smallest absolute Gasteiger partial charge is 0.421 e. The second-order valence-electron chi connectivity index (χ2n) is 0.541. The van der Waals surface area contributed by atoms with Crippen molar-refractivity contribution in [2.45, 2.75) is 0 Å². The van der Waals surface area contributed by atoms with E-state index in [-0.39, 0.29) is 51.4 Å². The maximum absolute atomic E-state index is 9.03. The molecule has 0 rings (SSSR count). The summed E-state index contributed by atoms with van der Waals surface area (Å²) in [5.41, 5.74) is 4.43. The fourth-order valence-corrected chi connectivity index (χ4v) is 0.0167. The van der Waals surface area contributed by atoms with Crippen molar-refractivity contribution in [2.24, 2.45) is 16.1 Å². The normalized spacial score (nSPS) is 5.86. The summed E-state index contributed by atoms with van der Waals surface area (Å²) in [5, 5.41) is 3.94. The van der Waals surface area contributed by atoms with Gasteiger partial charge in [-0.15, -0.1) is 0 Å². The second-order valence-corrected chi connectivity index (χ2v) is 0.541. The van der Waals surface area contributed by atoms with Crippen molar-refractivity contribution in [1.82, 2.24) is 0 Å². The molecule has 0 aliphatic heterocycles. The van der Waals surface area contributed by atoms with E-state index in [4.69, 9.17) is 9.81 Å². The number of hydrogen-bond acceptors (Lipinski definition) is 5. The fraction of sp³-hybridized carbons (Fsp3) is 0. The van der Waals surface area contributed by atoms with E-state index in [1.807, 2.05) is 10.4 Å². The molecule has 5 nitrogen and oxygen atoms in total. The number of nitrogens with two attached hydrogens (primary N) is 1. The summed E-state index contributed by atoms with van der Waals surface area (Å²) >= 11 is 0. The van der Waals surface area contributed by atoms with Crippen molar-refractivity contribution in [1.29, 1.82) is 0 Å². The summed E-state index contributed by atoms with van der Waals surface area (Å²) in [5.74, 6) is 0. The zero-order valence-corrected chi connectivity index (χ0v) is 6.91. The molecular weight excluding hydrogens is 125 g/mol. The van der Waals surface area contributed by atoms with Gasteiger partial charge in [0, 0.05) is 0 Å². The zero-order chi connectivity index (χ0) is 4.99. The van der Waals surface area contributed by atoms with Crippen LogP contribution in [0.1, 0.15) is 0 Å². The minimum atomic E-state index is -0.769. The van der Waals surface area contributed by atoms with Gasteiger partial charge in [-0.05, 0) is 6.29 Å². The van der Waals surface area contributed by atoms with Crippen molar-refractivity contribution in [2.75, 3.05) is 0 Å². The topological polar surface area (TPSA) is 84.9 Å². The number of nitrogens with zero attached hydrogens (tertiary/aromatic N) is 2. The summed E-state index contributed by atoms with van der Waals surface area (Å²) in [6.45, 7) is 0. The fourth-order valence-electron chi connectivity index (χ4n) is 0.0167. The molecule has 0 aromatic heterocycles. The van der Waals surface area contributed by atoms with Crippen LogP contribution < -0.4 is 57.1 Å². The van der Waals surface area contributed by atoms with Gasteiger partial charge in [0.25, 0.3) is 0 Å². The summed E-state index contributed by atoms with van der Waals surface area (Å²) < 4.78 is 0. The van der Waals surface area contributed by atoms with Gasteiger partial charge in [0.05, 0.1) is 0 Å². The first kappa shape index (κ1) is 10.6. The quantitative estimate of drug-likeness (QED) is 0.242. The van der Waals surface area contributed by atoms with Gasteiger partial charge in [0.1, 0.15) is 0 Å². The molecular formula is CH2KN3O2. The summed E-state index contributed by atoms with van der Waals surface area (Å²) in [7, 11) is 0. The van der Waals surface area contributed by atoms with Crippen LogP contribution >= 0.6 is 0 Å². The molecule has 0 aliphatic carbocycles. The van der Waals surface area contributed by atoms with E-state index >= 15 is 0 Å². The molecule has 0 heterocycles. The molecule has 0 saturated carbocycles. The minimum Gasteiger partial charge on any atom is -0.421 e. The maximum atomic E-state index is 9.03. The monoisotopic (exact) mass is 127 g/mol. The summed E-state index contributed by atoms with van der Waals surface area (Å²) in [6, 6.07) is 0. The molecule has 0 radical (unpaired) electrons. The summed E-state index contributed by atoms with van der Waals surface area (Å²) in [4.78, 5) is 18.1. The predicted octanol–water partition coefficient (Wildman–Crippen LogP) is -3.07. The zero-order valence-electron chi connectivity index (χ0n) is 3.79. The van der Waals surface area contributed by atoms with Crippen LogP contribution in [0.3, 0.4) is 0 Å². The van der Waals surface area contributed by atoms with E-state index in [1.165, 1.54) is 0 Å². The van der Waals surface area contributed by atoms with E-state index in [1.54, 1.807) is 0 Å². The van der Waals surface area contributed by atoms with Crippen LogP contribution in [0.25, 0.3) is 0 Å². The molecule has 0 bridgehead atoms. The molecule has 0 spiro atoms. The number of nitroso groups, excluding NO2 is 2. The third-order valence-electron chi connectivity index (χ3n) is 0.187. The Morgan fingerprint density at radius 1 is 1.29 bits per heavy atom. The first-order chi connectivity index (χ1) is 2.81. The molecule has 6 heteroatoms. The van der Waals surface area contributed by atoms with Crippen LogP contribution in [0.5, 0.6) is 0 Å². The van der Waals surface area contributed by atoms with Crippen molar-refractivity contribution in [3.05, 3.63) is 16.1 Å². The molecule has 0 aromatic carbocycles. The Balaban J connectivity index is 0. The standard InChI is InChI=1S/CH2N3O2.K/c2-1(3-5)4-6;/h2H2;/q-1;+1. The van der Waals surface area contributed by atoms with Crippen molar-refractivity contribution in [3.63, 3.8) is 0 Å². The first-order valence-corrected chi connectivity index (χ1v) is 1.10.